The highest BCUT2D eigenvalue weighted by Gasteiger charge is 2.30. The fourth-order valence-corrected chi connectivity index (χ4v) is 3.99. The van der Waals surface area contributed by atoms with Crippen LogP contribution in [0.25, 0.3) is 0 Å². The first-order valence-corrected chi connectivity index (χ1v) is 12.3. The van der Waals surface area contributed by atoms with Crippen molar-refractivity contribution in [3.63, 3.8) is 0 Å². The van der Waals surface area contributed by atoms with Crippen molar-refractivity contribution >= 4 is 27.7 Å². The number of benzene rings is 3. The molecule has 0 aliphatic rings. The van der Waals surface area contributed by atoms with Gasteiger partial charge in [-0.1, -0.05) is 77.5 Å². The number of carbonyl (C=O) groups is 2. The van der Waals surface area contributed by atoms with Crippen molar-refractivity contribution in [1.82, 2.24) is 10.2 Å². The summed E-state index contributed by atoms with van der Waals surface area (Å²) in [6.07, 6.45) is 1.48. The van der Waals surface area contributed by atoms with Crippen molar-refractivity contribution in [2.24, 2.45) is 0 Å². The molecule has 3 rings (SSSR count). The minimum absolute atomic E-state index is 0.0966. The Morgan fingerprint density at radius 3 is 2.18 bits per heavy atom. The van der Waals surface area contributed by atoms with Gasteiger partial charge in [0, 0.05) is 24.0 Å². The Balaban J connectivity index is 1.92. The van der Waals surface area contributed by atoms with Crippen LogP contribution < -0.4 is 10.1 Å². The largest absolute Gasteiger partial charge is 0.497 e. The van der Waals surface area contributed by atoms with E-state index in [4.69, 9.17) is 4.74 Å². The van der Waals surface area contributed by atoms with E-state index in [1.54, 1.807) is 12.0 Å². The van der Waals surface area contributed by atoms with Gasteiger partial charge >= 0.3 is 0 Å². The summed E-state index contributed by atoms with van der Waals surface area (Å²) >= 11 is 3.47. The average molecular weight is 523 g/mol. The summed E-state index contributed by atoms with van der Waals surface area (Å²) in [6.45, 7) is 2.93. The molecule has 0 aliphatic heterocycles. The predicted molar refractivity (Wildman–Crippen MR) is 139 cm³/mol. The number of nitrogens with one attached hydrogen (secondary N) is 1. The highest BCUT2D eigenvalue weighted by Crippen LogP contribution is 2.19. The first kappa shape index (κ1) is 25.5. The van der Waals surface area contributed by atoms with E-state index >= 15 is 0 Å². The van der Waals surface area contributed by atoms with Gasteiger partial charge in [0.25, 0.3) is 0 Å². The molecule has 0 spiro atoms. The Kier molecular flexibility index (Phi) is 9.71. The molecule has 1 atom stereocenters. The molecule has 0 fully saturated rings. The number of carbonyl (C=O) groups excluding carboxylic acids is 2. The number of hydrogen-bond donors (Lipinski definition) is 1. The molecule has 0 radical (unpaired) electrons. The third kappa shape index (κ3) is 7.45. The van der Waals surface area contributed by atoms with Gasteiger partial charge in [-0.3, -0.25) is 9.59 Å². The summed E-state index contributed by atoms with van der Waals surface area (Å²) in [5.41, 5.74) is 2.85. The lowest BCUT2D eigenvalue weighted by atomic mass is 10.0. The first-order valence-electron chi connectivity index (χ1n) is 11.5. The minimum atomic E-state index is -0.622. The topological polar surface area (TPSA) is 58.6 Å². The zero-order valence-corrected chi connectivity index (χ0v) is 21.3. The quantitative estimate of drug-likeness (QED) is 0.378. The summed E-state index contributed by atoms with van der Waals surface area (Å²) in [6, 6.07) is 24.5. The molecule has 6 heteroatoms. The van der Waals surface area contributed by atoms with Gasteiger partial charge < -0.3 is 15.0 Å². The van der Waals surface area contributed by atoms with E-state index in [-0.39, 0.29) is 18.2 Å². The van der Waals surface area contributed by atoms with Crippen LogP contribution >= 0.6 is 15.9 Å². The smallest absolute Gasteiger partial charge is 0.243 e. The lowest BCUT2D eigenvalue weighted by Crippen LogP contribution is -2.51. The highest BCUT2D eigenvalue weighted by atomic mass is 79.9. The number of nitrogens with zero attached hydrogens (tertiary/aromatic N) is 1. The Morgan fingerprint density at radius 2 is 1.56 bits per heavy atom. The van der Waals surface area contributed by atoms with Gasteiger partial charge in [-0.05, 0) is 47.4 Å². The molecule has 3 aromatic carbocycles. The monoisotopic (exact) mass is 522 g/mol. The summed E-state index contributed by atoms with van der Waals surface area (Å²) in [7, 11) is 1.61. The van der Waals surface area contributed by atoms with Crippen LogP contribution in [-0.2, 0) is 29.0 Å². The van der Waals surface area contributed by atoms with Gasteiger partial charge in [-0.15, -0.1) is 0 Å². The fraction of sp³-hybridized carbons (Fsp3) is 0.286. The zero-order valence-electron chi connectivity index (χ0n) is 19.7. The number of halogens is 1. The molecule has 5 nitrogen and oxygen atoms in total. The predicted octanol–water partition coefficient (Wildman–Crippen LogP) is 5.17. The van der Waals surface area contributed by atoms with Gasteiger partial charge in [-0.2, -0.15) is 0 Å². The van der Waals surface area contributed by atoms with Gasteiger partial charge in [0.05, 0.1) is 13.5 Å². The molecule has 0 saturated heterocycles. The van der Waals surface area contributed by atoms with Crippen LogP contribution in [-0.4, -0.2) is 36.4 Å². The van der Waals surface area contributed by atoms with Crippen molar-refractivity contribution in [2.45, 2.75) is 38.8 Å². The molecule has 3 aromatic rings. The van der Waals surface area contributed by atoms with Crippen molar-refractivity contribution in [2.75, 3.05) is 13.7 Å². The molecular formula is C28H31BrN2O3. The summed E-state index contributed by atoms with van der Waals surface area (Å²) in [5, 5.41) is 3.01. The van der Waals surface area contributed by atoms with E-state index in [2.05, 4.69) is 21.2 Å². The standard InChI is InChI=1S/C28H31BrN2O3/c1-3-17-30-28(33)26(18-21-7-5-4-6-8-21)31(20-23-9-13-24(29)14-10-23)27(32)19-22-11-15-25(34-2)16-12-22/h4-16,26H,3,17-20H2,1-2H3,(H,30,33)/t26-/m1/s1. The average Bonchev–Trinajstić information content (AvgIpc) is 2.86. The molecule has 0 bridgehead atoms. The minimum Gasteiger partial charge on any atom is -0.497 e. The maximum Gasteiger partial charge on any atom is 0.243 e. The first-order chi connectivity index (χ1) is 16.5. The Morgan fingerprint density at radius 1 is 0.912 bits per heavy atom. The normalized spacial score (nSPS) is 11.5. The van der Waals surface area contributed by atoms with E-state index < -0.39 is 6.04 Å². The number of rotatable bonds is 11. The van der Waals surface area contributed by atoms with Crippen molar-refractivity contribution in [3.05, 3.63) is 100 Å². The Bertz CT molecular complexity index is 1050. The number of ether oxygens (including phenoxy) is 1. The molecule has 0 aliphatic carbocycles. The van der Waals surface area contributed by atoms with E-state index in [9.17, 15) is 9.59 Å². The lowest BCUT2D eigenvalue weighted by molar-refractivity contribution is -0.140. The summed E-state index contributed by atoms with van der Waals surface area (Å²) in [4.78, 5) is 28.7. The van der Waals surface area contributed by atoms with Gasteiger partial charge in [0.1, 0.15) is 11.8 Å². The zero-order chi connectivity index (χ0) is 24.3. The number of amides is 2. The Hall–Kier alpha value is -3.12. The molecule has 0 saturated carbocycles. The van der Waals surface area contributed by atoms with Crippen LogP contribution in [0.1, 0.15) is 30.0 Å². The molecular weight excluding hydrogens is 492 g/mol. The van der Waals surface area contributed by atoms with E-state index in [0.717, 1.165) is 33.3 Å². The molecule has 34 heavy (non-hydrogen) atoms. The number of hydrogen-bond acceptors (Lipinski definition) is 3. The van der Waals surface area contributed by atoms with E-state index in [1.807, 2.05) is 85.8 Å². The lowest BCUT2D eigenvalue weighted by Gasteiger charge is -2.31. The fourth-order valence-electron chi connectivity index (χ4n) is 3.73. The van der Waals surface area contributed by atoms with Gasteiger partial charge in [0.2, 0.25) is 11.8 Å². The molecule has 0 heterocycles. The maximum atomic E-state index is 13.7. The second-order valence-electron chi connectivity index (χ2n) is 8.17. The third-order valence-electron chi connectivity index (χ3n) is 5.60. The van der Waals surface area contributed by atoms with Crippen LogP contribution in [0.3, 0.4) is 0 Å². The van der Waals surface area contributed by atoms with Gasteiger partial charge in [0.15, 0.2) is 0 Å². The second-order valence-corrected chi connectivity index (χ2v) is 9.09. The molecule has 178 valence electrons. The molecule has 0 unspecified atom stereocenters. The third-order valence-corrected chi connectivity index (χ3v) is 6.13. The van der Waals surface area contributed by atoms with Crippen molar-refractivity contribution in [3.8, 4) is 5.75 Å². The molecule has 2 amide bonds. The summed E-state index contributed by atoms with van der Waals surface area (Å²) in [5.74, 6) is 0.510. The maximum absolute atomic E-state index is 13.7. The van der Waals surface area contributed by atoms with Crippen LogP contribution in [0.5, 0.6) is 5.75 Å². The van der Waals surface area contributed by atoms with Crippen LogP contribution in [0.4, 0.5) is 0 Å². The van der Waals surface area contributed by atoms with E-state index in [0.29, 0.717) is 19.5 Å². The van der Waals surface area contributed by atoms with Gasteiger partial charge in [-0.25, -0.2) is 0 Å². The van der Waals surface area contributed by atoms with Crippen molar-refractivity contribution < 1.29 is 14.3 Å². The van der Waals surface area contributed by atoms with Crippen molar-refractivity contribution in [1.29, 1.82) is 0 Å². The second kappa shape index (κ2) is 12.9. The molecule has 0 aromatic heterocycles. The van der Waals surface area contributed by atoms with Crippen LogP contribution in [0, 0.1) is 0 Å². The molecule has 1 N–H and O–H groups in total. The highest BCUT2D eigenvalue weighted by molar-refractivity contribution is 9.10. The summed E-state index contributed by atoms with van der Waals surface area (Å²) < 4.78 is 6.20. The van der Waals surface area contributed by atoms with Crippen LogP contribution in [0.15, 0.2) is 83.3 Å². The van der Waals surface area contributed by atoms with Crippen LogP contribution in [0.2, 0.25) is 0 Å². The van der Waals surface area contributed by atoms with E-state index in [1.165, 1.54) is 0 Å². The SMILES string of the molecule is CCCNC(=O)[C@@H](Cc1ccccc1)N(Cc1ccc(Br)cc1)C(=O)Cc1ccc(OC)cc1. The Labute approximate surface area is 210 Å². The number of methoxy groups -OCH3 is 1.